The molecule has 0 saturated carbocycles. The normalized spacial score (nSPS) is 10.5. The van der Waals surface area contributed by atoms with Gasteiger partial charge in [0, 0.05) is 18.7 Å². The van der Waals surface area contributed by atoms with Crippen LogP contribution in [0.4, 0.5) is 11.6 Å². The molecular formula is C11H13ClN4O. The van der Waals surface area contributed by atoms with Crippen LogP contribution in [0.2, 0.25) is 5.28 Å². The minimum atomic E-state index is 0.199. The summed E-state index contributed by atoms with van der Waals surface area (Å²) in [6.07, 6.45) is 4.70. The number of unbranched alkanes of at least 4 members (excludes halogenated alkanes) is 1. The van der Waals surface area contributed by atoms with Crippen molar-refractivity contribution < 1.29 is 4.52 Å². The van der Waals surface area contributed by atoms with E-state index >= 15 is 0 Å². The van der Waals surface area contributed by atoms with E-state index in [1.54, 1.807) is 12.3 Å². The number of rotatable bonds is 5. The second-order valence-electron chi connectivity index (χ2n) is 3.62. The van der Waals surface area contributed by atoms with Gasteiger partial charge in [-0.3, -0.25) is 0 Å². The minimum absolute atomic E-state index is 0.199. The van der Waals surface area contributed by atoms with Gasteiger partial charge in [0.15, 0.2) is 5.82 Å². The maximum atomic E-state index is 5.68. The number of hydrogen-bond donors (Lipinski definition) is 1. The molecule has 2 heterocycles. The van der Waals surface area contributed by atoms with Gasteiger partial charge in [0.2, 0.25) is 5.28 Å². The van der Waals surface area contributed by atoms with Gasteiger partial charge in [-0.05, 0) is 24.1 Å². The van der Waals surface area contributed by atoms with Crippen LogP contribution in [0.1, 0.15) is 25.5 Å². The van der Waals surface area contributed by atoms with E-state index in [0.29, 0.717) is 11.6 Å². The van der Waals surface area contributed by atoms with Crippen LogP contribution < -0.4 is 5.32 Å². The number of anilines is 2. The predicted molar refractivity (Wildman–Crippen MR) is 65.4 cm³/mol. The van der Waals surface area contributed by atoms with E-state index in [9.17, 15) is 0 Å². The summed E-state index contributed by atoms with van der Waals surface area (Å²) in [6, 6.07) is 3.58. The highest BCUT2D eigenvalue weighted by atomic mass is 35.5. The van der Waals surface area contributed by atoms with Gasteiger partial charge < -0.3 is 9.84 Å². The quantitative estimate of drug-likeness (QED) is 0.828. The fraction of sp³-hybridized carbons (Fsp3) is 0.364. The number of nitrogens with one attached hydrogen (secondary N) is 1. The first-order chi connectivity index (χ1) is 8.28. The Morgan fingerprint density at radius 3 is 3.06 bits per heavy atom. The summed E-state index contributed by atoms with van der Waals surface area (Å²) in [4.78, 5) is 7.80. The summed E-state index contributed by atoms with van der Waals surface area (Å²) in [7, 11) is 0. The van der Waals surface area contributed by atoms with Gasteiger partial charge in [0.05, 0.1) is 0 Å². The van der Waals surface area contributed by atoms with Gasteiger partial charge >= 0.3 is 0 Å². The first kappa shape index (κ1) is 11.9. The maximum absolute atomic E-state index is 5.68. The summed E-state index contributed by atoms with van der Waals surface area (Å²) in [5.74, 6) is 2.10. The summed E-state index contributed by atoms with van der Waals surface area (Å²) in [5.41, 5.74) is 0. The molecule has 2 aromatic heterocycles. The van der Waals surface area contributed by atoms with Crippen molar-refractivity contribution in [3.8, 4) is 0 Å². The van der Waals surface area contributed by atoms with Crippen molar-refractivity contribution in [3.05, 3.63) is 29.4 Å². The third-order valence-corrected chi connectivity index (χ3v) is 2.40. The van der Waals surface area contributed by atoms with Crippen LogP contribution in [0.3, 0.4) is 0 Å². The molecule has 0 amide bonds. The zero-order valence-electron chi connectivity index (χ0n) is 9.48. The van der Waals surface area contributed by atoms with Crippen LogP contribution in [-0.2, 0) is 6.42 Å². The lowest BCUT2D eigenvalue weighted by molar-refractivity contribution is 0.382. The van der Waals surface area contributed by atoms with Crippen LogP contribution in [-0.4, -0.2) is 15.1 Å². The average Bonchev–Trinajstić information content (AvgIpc) is 2.74. The standard InChI is InChI=1S/C11H13ClN4O/c1-2-3-4-8-7-10(16-17-8)14-9-5-6-13-11(12)15-9/h5-7H,2-4H2,1H3,(H,13,14,15,16). The molecule has 0 aliphatic rings. The molecule has 0 bridgehead atoms. The lowest BCUT2D eigenvalue weighted by Crippen LogP contribution is -1.94. The van der Waals surface area contributed by atoms with E-state index in [1.807, 2.05) is 6.07 Å². The molecule has 0 radical (unpaired) electrons. The molecule has 0 aromatic carbocycles. The molecule has 0 aliphatic heterocycles. The Labute approximate surface area is 104 Å². The molecule has 1 N–H and O–H groups in total. The monoisotopic (exact) mass is 252 g/mol. The molecule has 0 saturated heterocycles. The third kappa shape index (κ3) is 3.42. The Kier molecular flexibility index (Phi) is 3.93. The van der Waals surface area contributed by atoms with E-state index < -0.39 is 0 Å². The van der Waals surface area contributed by atoms with Crippen molar-refractivity contribution in [1.82, 2.24) is 15.1 Å². The fourth-order valence-electron chi connectivity index (χ4n) is 1.38. The zero-order chi connectivity index (χ0) is 12.1. The van der Waals surface area contributed by atoms with Crippen LogP contribution in [0.15, 0.2) is 22.9 Å². The number of halogens is 1. The van der Waals surface area contributed by atoms with Crippen molar-refractivity contribution in [2.75, 3.05) is 5.32 Å². The molecule has 0 fully saturated rings. The fourth-order valence-corrected chi connectivity index (χ4v) is 1.52. The number of nitrogens with zero attached hydrogens (tertiary/aromatic N) is 3. The molecule has 0 atom stereocenters. The van der Waals surface area contributed by atoms with Crippen molar-refractivity contribution >= 4 is 23.2 Å². The highest BCUT2D eigenvalue weighted by Crippen LogP contribution is 2.16. The largest absolute Gasteiger partial charge is 0.359 e. The smallest absolute Gasteiger partial charge is 0.224 e. The third-order valence-electron chi connectivity index (χ3n) is 2.22. The summed E-state index contributed by atoms with van der Waals surface area (Å²) >= 11 is 5.68. The van der Waals surface area contributed by atoms with Crippen LogP contribution in [0.5, 0.6) is 0 Å². The second kappa shape index (κ2) is 5.63. The zero-order valence-corrected chi connectivity index (χ0v) is 10.2. The van der Waals surface area contributed by atoms with Crippen molar-refractivity contribution in [2.45, 2.75) is 26.2 Å². The molecule has 90 valence electrons. The highest BCUT2D eigenvalue weighted by Gasteiger charge is 2.04. The first-order valence-electron chi connectivity index (χ1n) is 5.49. The Morgan fingerprint density at radius 1 is 1.41 bits per heavy atom. The molecule has 2 rings (SSSR count). The van der Waals surface area contributed by atoms with E-state index in [1.165, 1.54) is 0 Å². The Balaban J connectivity index is 2.01. The van der Waals surface area contributed by atoms with Gasteiger partial charge in [-0.1, -0.05) is 18.5 Å². The van der Waals surface area contributed by atoms with Crippen LogP contribution in [0, 0.1) is 0 Å². The molecular weight excluding hydrogens is 240 g/mol. The van der Waals surface area contributed by atoms with Gasteiger partial charge in [0.1, 0.15) is 11.6 Å². The maximum Gasteiger partial charge on any atom is 0.224 e. The molecule has 0 aliphatic carbocycles. The highest BCUT2D eigenvalue weighted by molar-refractivity contribution is 6.28. The van der Waals surface area contributed by atoms with Gasteiger partial charge in [-0.15, -0.1) is 0 Å². The van der Waals surface area contributed by atoms with Crippen molar-refractivity contribution in [3.63, 3.8) is 0 Å². The number of hydrogen-bond acceptors (Lipinski definition) is 5. The molecule has 0 spiro atoms. The average molecular weight is 253 g/mol. The van der Waals surface area contributed by atoms with Crippen molar-refractivity contribution in [2.24, 2.45) is 0 Å². The van der Waals surface area contributed by atoms with Crippen LogP contribution >= 0.6 is 11.6 Å². The minimum Gasteiger partial charge on any atom is -0.359 e. The molecule has 6 heteroatoms. The van der Waals surface area contributed by atoms with Gasteiger partial charge in [-0.25, -0.2) is 9.97 Å². The molecule has 5 nitrogen and oxygen atoms in total. The summed E-state index contributed by atoms with van der Waals surface area (Å²) < 4.78 is 5.18. The lowest BCUT2D eigenvalue weighted by atomic mass is 10.2. The summed E-state index contributed by atoms with van der Waals surface area (Å²) in [6.45, 7) is 2.14. The predicted octanol–water partition coefficient (Wildman–Crippen LogP) is 3.20. The van der Waals surface area contributed by atoms with E-state index in [2.05, 4.69) is 27.4 Å². The van der Waals surface area contributed by atoms with Crippen LogP contribution in [0.25, 0.3) is 0 Å². The molecule has 2 aromatic rings. The van der Waals surface area contributed by atoms with E-state index in [-0.39, 0.29) is 5.28 Å². The van der Waals surface area contributed by atoms with Gasteiger partial charge in [0.25, 0.3) is 0 Å². The lowest BCUT2D eigenvalue weighted by Gasteiger charge is -1.99. The first-order valence-corrected chi connectivity index (χ1v) is 5.87. The number of aryl methyl sites for hydroxylation is 1. The Bertz CT molecular complexity index is 486. The van der Waals surface area contributed by atoms with E-state index in [4.69, 9.17) is 16.1 Å². The SMILES string of the molecule is CCCCc1cc(Nc2ccnc(Cl)n2)no1. The Morgan fingerprint density at radius 2 is 2.29 bits per heavy atom. The molecule has 17 heavy (non-hydrogen) atoms. The molecule has 0 unspecified atom stereocenters. The Hall–Kier alpha value is -1.62. The second-order valence-corrected chi connectivity index (χ2v) is 3.96. The number of aromatic nitrogens is 3. The van der Waals surface area contributed by atoms with Gasteiger partial charge in [-0.2, -0.15) is 0 Å². The topological polar surface area (TPSA) is 63.8 Å². The summed E-state index contributed by atoms with van der Waals surface area (Å²) in [5, 5.41) is 7.10. The van der Waals surface area contributed by atoms with E-state index in [0.717, 1.165) is 25.0 Å². The van der Waals surface area contributed by atoms with Crippen molar-refractivity contribution in [1.29, 1.82) is 0 Å².